The first-order valence-electron chi connectivity index (χ1n) is 5.83. The topological polar surface area (TPSA) is 54.7 Å². The molecule has 0 aliphatic carbocycles. The van der Waals surface area contributed by atoms with Crippen molar-refractivity contribution in [3.63, 3.8) is 0 Å². The van der Waals surface area contributed by atoms with Gasteiger partial charge in [-0.2, -0.15) is 0 Å². The zero-order chi connectivity index (χ0) is 13.2. The summed E-state index contributed by atoms with van der Waals surface area (Å²) in [6.45, 7) is 0. The minimum Gasteiger partial charge on any atom is -0.399 e. The molecule has 0 aliphatic heterocycles. The first kappa shape index (κ1) is 12.4. The van der Waals surface area contributed by atoms with Crippen molar-refractivity contribution < 1.29 is 0 Å². The lowest BCUT2D eigenvalue weighted by molar-refractivity contribution is 1.08. The molecule has 1 heterocycles. The lowest BCUT2D eigenvalue weighted by atomic mass is 10.2. The van der Waals surface area contributed by atoms with Crippen molar-refractivity contribution >= 4 is 40.1 Å². The monoisotopic (exact) mass is 289 g/mol. The van der Waals surface area contributed by atoms with E-state index in [1.165, 1.54) is 5.56 Å². The van der Waals surface area contributed by atoms with Gasteiger partial charge in [-0.15, -0.1) is 0 Å². The standard InChI is InChI=1S/C14H12ClN3S/c15-10-3-1-2-9(6-10)8-19-14-17-12-5-4-11(16)7-13(12)18-14/h1-7H,8,16H2,(H,17,18). The average Bonchev–Trinajstić information content (AvgIpc) is 2.78. The second kappa shape index (κ2) is 5.15. The van der Waals surface area contributed by atoms with Crippen LogP contribution in [0.2, 0.25) is 5.02 Å². The molecule has 0 atom stereocenters. The number of hydrogen-bond acceptors (Lipinski definition) is 3. The van der Waals surface area contributed by atoms with E-state index in [-0.39, 0.29) is 0 Å². The lowest BCUT2D eigenvalue weighted by Crippen LogP contribution is -1.82. The number of halogens is 1. The molecule has 0 radical (unpaired) electrons. The summed E-state index contributed by atoms with van der Waals surface area (Å²) in [4.78, 5) is 7.77. The van der Waals surface area contributed by atoms with Crippen LogP contribution in [-0.2, 0) is 5.75 Å². The number of aromatic amines is 1. The second-order valence-electron chi connectivity index (χ2n) is 4.24. The highest BCUT2D eigenvalue weighted by Crippen LogP contribution is 2.25. The van der Waals surface area contributed by atoms with Crippen LogP contribution in [0.5, 0.6) is 0 Å². The number of fused-ring (bicyclic) bond motifs is 1. The Morgan fingerprint density at radius 1 is 1.21 bits per heavy atom. The minimum atomic E-state index is 0.738. The molecule has 3 aromatic rings. The molecule has 96 valence electrons. The Bertz CT molecular complexity index is 724. The number of anilines is 1. The SMILES string of the molecule is Nc1ccc2nc(SCc3cccc(Cl)c3)[nH]c2c1. The maximum absolute atomic E-state index is 5.96. The summed E-state index contributed by atoms with van der Waals surface area (Å²) in [5.74, 6) is 0.829. The number of thioether (sulfide) groups is 1. The maximum Gasteiger partial charge on any atom is 0.166 e. The first-order chi connectivity index (χ1) is 9.20. The van der Waals surface area contributed by atoms with Gasteiger partial charge in [-0.05, 0) is 35.9 Å². The molecule has 3 nitrogen and oxygen atoms in total. The van der Waals surface area contributed by atoms with Crippen LogP contribution < -0.4 is 5.73 Å². The molecular weight excluding hydrogens is 278 g/mol. The molecule has 0 spiro atoms. The third kappa shape index (κ3) is 2.85. The molecule has 2 aromatic carbocycles. The normalized spacial score (nSPS) is 11.0. The van der Waals surface area contributed by atoms with Gasteiger partial charge >= 0.3 is 0 Å². The molecule has 0 bridgehead atoms. The van der Waals surface area contributed by atoms with Crippen LogP contribution in [0.15, 0.2) is 47.6 Å². The molecule has 0 unspecified atom stereocenters. The van der Waals surface area contributed by atoms with Crippen molar-refractivity contribution in [2.45, 2.75) is 10.9 Å². The Morgan fingerprint density at radius 3 is 2.95 bits per heavy atom. The number of aromatic nitrogens is 2. The largest absolute Gasteiger partial charge is 0.399 e. The van der Waals surface area contributed by atoms with Crippen LogP contribution in [0.4, 0.5) is 5.69 Å². The van der Waals surface area contributed by atoms with E-state index in [2.05, 4.69) is 16.0 Å². The minimum absolute atomic E-state index is 0.738. The van der Waals surface area contributed by atoms with Crippen LogP contribution >= 0.6 is 23.4 Å². The van der Waals surface area contributed by atoms with E-state index in [1.807, 2.05) is 36.4 Å². The average molecular weight is 290 g/mol. The van der Waals surface area contributed by atoms with E-state index in [0.717, 1.165) is 32.7 Å². The van der Waals surface area contributed by atoms with E-state index >= 15 is 0 Å². The van der Waals surface area contributed by atoms with Gasteiger partial charge in [-0.25, -0.2) is 4.98 Å². The third-order valence-corrected chi connectivity index (χ3v) is 3.93. The van der Waals surface area contributed by atoms with Gasteiger partial charge in [-0.1, -0.05) is 35.5 Å². The fourth-order valence-corrected chi connectivity index (χ4v) is 2.89. The predicted molar refractivity (Wildman–Crippen MR) is 81.5 cm³/mol. The number of imidazole rings is 1. The zero-order valence-corrected chi connectivity index (χ0v) is 11.6. The van der Waals surface area contributed by atoms with Gasteiger partial charge in [0.25, 0.3) is 0 Å². The molecule has 3 rings (SSSR count). The van der Waals surface area contributed by atoms with Gasteiger partial charge in [0, 0.05) is 16.5 Å². The smallest absolute Gasteiger partial charge is 0.166 e. The Hall–Kier alpha value is -1.65. The first-order valence-corrected chi connectivity index (χ1v) is 7.19. The number of nitrogen functional groups attached to an aromatic ring is 1. The molecule has 0 amide bonds. The molecule has 0 aliphatic rings. The number of nitrogens with two attached hydrogens (primary N) is 1. The Morgan fingerprint density at radius 2 is 2.11 bits per heavy atom. The molecule has 0 saturated heterocycles. The van der Waals surface area contributed by atoms with E-state index in [4.69, 9.17) is 17.3 Å². The lowest BCUT2D eigenvalue weighted by Gasteiger charge is -1.99. The van der Waals surface area contributed by atoms with Gasteiger partial charge in [0.15, 0.2) is 5.16 Å². The summed E-state index contributed by atoms with van der Waals surface area (Å²) < 4.78 is 0. The van der Waals surface area contributed by atoms with Gasteiger partial charge in [0.1, 0.15) is 0 Å². The van der Waals surface area contributed by atoms with Crippen LogP contribution in [0, 0.1) is 0 Å². The van der Waals surface area contributed by atoms with Crippen LogP contribution in [0.1, 0.15) is 5.56 Å². The number of rotatable bonds is 3. The van der Waals surface area contributed by atoms with E-state index in [1.54, 1.807) is 11.8 Å². The third-order valence-electron chi connectivity index (χ3n) is 2.75. The highest BCUT2D eigenvalue weighted by Gasteiger charge is 2.04. The Labute approximate surface area is 120 Å². The summed E-state index contributed by atoms with van der Waals surface area (Å²) in [5, 5.41) is 1.65. The van der Waals surface area contributed by atoms with Crippen molar-refractivity contribution in [3.8, 4) is 0 Å². The molecule has 5 heteroatoms. The fraction of sp³-hybridized carbons (Fsp3) is 0.0714. The number of nitrogens with one attached hydrogen (secondary N) is 1. The van der Waals surface area contributed by atoms with Crippen molar-refractivity contribution in [1.29, 1.82) is 0 Å². The number of H-pyrrole nitrogens is 1. The van der Waals surface area contributed by atoms with Gasteiger partial charge in [-0.3, -0.25) is 0 Å². The molecule has 1 aromatic heterocycles. The maximum atomic E-state index is 5.96. The quantitative estimate of drug-likeness (QED) is 0.564. The van der Waals surface area contributed by atoms with Gasteiger partial charge in [0.05, 0.1) is 11.0 Å². The molecule has 19 heavy (non-hydrogen) atoms. The predicted octanol–water partition coefficient (Wildman–Crippen LogP) is 4.09. The zero-order valence-electron chi connectivity index (χ0n) is 10.1. The van der Waals surface area contributed by atoms with Crippen molar-refractivity contribution in [2.75, 3.05) is 5.73 Å². The molecule has 3 N–H and O–H groups in total. The number of benzene rings is 2. The van der Waals surface area contributed by atoms with Crippen LogP contribution in [-0.4, -0.2) is 9.97 Å². The molecule has 0 saturated carbocycles. The highest BCUT2D eigenvalue weighted by atomic mass is 35.5. The summed E-state index contributed by atoms with van der Waals surface area (Å²) >= 11 is 7.61. The number of nitrogens with zero attached hydrogens (tertiary/aromatic N) is 1. The summed E-state index contributed by atoms with van der Waals surface area (Å²) in [7, 11) is 0. The van der Waals surface area contributed by atoms with Gasteiger partial charge < -0.3 is 10.7 Å². The van der Waals surface area contributed by atoms with E-state index < -0.39 is 0 Å². The van der Waals surface area contributed by atoms with E-state index in [9.17, 15) is 0 Å². The van der Waals surface area contributed by atoms with Crippen molar-refractivity contribution in [3.05, 3.63) is 53.1 Å². The van der Waals surface area contributed by atoms with Crippen LogP contribution in [0.25, 0.3) is 11.0 Å². The summed E-state index contributed by atoms with van der Waals surface area (Å²) in [5.41, 5.74) is 9.56. The van der Waals surface area contributed by atoms with Gasteiger partial charge in [0.2, 0.25) is 0 Å². The van der Waals surface area contributed by atoms with Crippen LogP contribution in [0.3, 0.4) is 0 Å². The molecule has 0 fully saturated rings. The van der Waals surface area contributed by atoms with E-state index in [0.29, 0.717) is 0 Å². The van der Waals surface area contributed by atoms with Crippen molar-refractivity contribution in [2.24, 2.45) is 0 Å². The molecular formula is C14H12ClN3S. The second-order valence-corrected chi connectivity index (χ2v) is 5.64. The summed E-state index contributed by atoms with van der Waals surface area (Å²) in [6, 6.07) is 13.5. The Balaban J connectivity index is 1.78. The van der Waals surface area contributed by atoms with Crippen molar-refractivity contribution in [1.82, 2.24) is 9.97 Å². The highest BCUT2D eigenvalue weighted by molar-refractivity contribution is 7.98. The Kier molecular flexibility index (Phi) is 3.36. The fourth-order valence-electron chi connectivity index (χ4n) is 1.85. The number of hydrogen-bond donors (Lipinski definition) is 2. The summed E-state index contributed by atoms with van der Waals surface area (Å²) in [6.07, 6.45) is 0.